The maximum Gasteiger partial charge on any atom is 0.255 e. The number of aromatic nitrogens is 1. The summed E-state index contributed by atoms with van der Waals surface area (Å²) in [5, 5.41) is 2.78. The lowest BCUT2D eigenvalue weighted by atomic mass is 10.2. The molecule has 0 spiro atoms. The Balaban J connectivity index is 1.66. The SMILES string of the molecule is Cc1ccc(NC(=O)c2ccc(S(=O)(=O)NCc3ccncc3)cc2)cc1. The molecule has 0 radical (unpaired) electrons. The van der Waals surface area contributed by atoms with E-state index in [2.05, 4.69) is 15.0 Å². The molecule has 0 bridgehead atoms. The van der Waals surface area contributed by atoms with E-state index in [1.807, 2.05) is 31.2 Å². The number of benzene rings is 2. The Bertz CT molecular complexity index is 1020. The first-order valence-electron chi connectivity index (χ1n) is 8.31. The highest BCUT2D eigenvalue weighted by atomic mass is 32.2. The van der Waals surface area contributed by atoms with Crippen LogP contribution in [0.5, 0.6) is 0 Å². The average molecular weight is 381 g/mol. The van der Waals surface area contributed by atoms with Crippen LogP contribution in [-0.4, -0.2) is 19.3 Å². The molecule has 7 heteroatoms. The van der Waals surface area contributed by atoms with Gasteiger partial charge in [0.2, 0.25) is 10.0 Å². The van der Waals surface area contributed by atoms with E-state index in [1.165, 1.54) is 24.3 Å². The number of aryl methyl sites for hydroxylation is 1. The maximum absolute atomic E-state index is 12.4. The lowest BCUT2D eigenvalue weighted by Crippen LogP contribution is -2.23. The molecular formula is C20H19N3O3S. The van der Waals surface area contributed by atoms with E-state index in [9.17, 15) is 13.2 Å². The number of nitrogens with one attached hydrogen (secondary N) is 2. The van der Waals surface area contributed by atoms with Gasteiger partial charge in [-0.2, -0.15) is 0 Å². The van der Waals surface area contributed by atoms with Crippen molar-refractivity contribution >= 4 is 21.6 Å². The van der Waals surface area contributed by atoms with Crippen molar-refractivity contribution in [1.29, 1.82) is 0 Å². The zero-order chi connectivity index (χ0) is 19.3. The Morgan fingerprint density at radius 2 is 1.56 bits per heavy atom. The van der Waals surface area contributed by atoms with Gasteiger partial charge in [-0.3, -0.25) is 9.78 Å². The van der Waals surface area contributed by atoms with Gasteiger partial charge in [-0.05, 0) is 61.0 Å². The summed E-state index contributed by atoms with van der Waals surface area (Å²) in [6.45, 7) is 2.13. The third-order valence-corrected chi connectivity index (χ3v) is 5.37. The smallest absolute Gasteiger partial charge is 0.255 e. The van der Waals surface area contributed by atoms with Crippen LogP contribution in [0.15, 0.2) is 78.0 Å². The molecule has 3 rings (SSSR count). The molecule has 0 aliphatic carbocycles. The van der Waals surface area contributed by atoms with Gasteiger partial charge in [0.1, 0.15) is 0 Å². The summed E-state index contributed by atoms with van der Waals surface area (Å²) in [6, 6.07) is 16.7. The third-order valence-electron chi connectivity index (χ3n) is 3.95. The minimum atomic E-state index is -3.67. The molecule has 2 N–H and O–H groups in total. The highest BCUT2D eigenvalue weighted by Gasteiger charge is 2.15. The highest BCUT2D eigenvalue weighted by molar-refractivity contribution is 7.89. The van der Waals surface area contributed by atoms with Crippen molar-refractivity contribution in [1.82, 2.24) is 9.71 Å². The first-order valence-corrected chi connectivity index (χ1v) is 9.79. The molecule has 27 heavy (non-hydrogen) atoms. The second-order valence-electron chi connectivity index (χ2n) is 6.02. The van der Waals surface area contributed by atoms with E-state index in [1.54, 1.807) is 24.5 Å². The summed E-state index contributed by atoms with van der Waals surface area (Å²) in [4.78, 5) is 16.3. The predicted octanol–water partition coefficient (Wildman–Crippen LogP) is 3.12. The third kappa shape index (κ3) is 4.99. The Morgan fingerprint density at radius 1 is 0.926 bits per heavy atom. The molecule has 0 saturated carbocycles. The Labute approximate surface area is 158 Å². The number of hydrogen-bond donors (Lipinski definition) is 2. The number of carbonyl (C=O) groups excluding carboxylic acids is 1. The van der Waals surface area contributed by atoms with Crippen LogP contribution in [0.2, 0.25) is 0 Å². The fourth-order valence-corrected chi connectivity index (χ4v) is 3.41. The first-order chi connectivity index (χ1) is 12.9. The monoisotopic (exact) mass is 381 g/mol. The minimum absolute atomic E-state index is 0.100. The summed E-state index contributed by atoms with van der Waals surface area (Å²) in [6.07, 6.45) is 3.20. The topological polar surface area (TPSA) is 88.2 Å². The Morgan fingerprint density at radius 3 is 2.19 bits per heavy atom. The number of rotatable bonds is 6. The fourth-order valence-electron chi connectivity index (χ4n) is 2.39. The second-order valence-corrected chi connectivity index (χ2v) is 7.79. The van der Waals surface area contributed by atoms with Crippen molar-refractivity contribution in [3.63, 3.8) is 0 Å². The van der Waals surface area contributed by atoms with Crippen molar-refractivity contribution < 1.29 is 13.2 Å². The second kappa shape index (κ2) is 8.11. The minimum Gasteiger partial charge on any atom is -0.322 e. The molecule has 0 aliphatic rings. The van der Waals surface area contributed by atoms with Crippen molar-refractivity contribution in [2.24, 2.45) is 0 Å². The molecule has 0 unspecified atom stereocenters. The molecule has 3 aromatic rings. The molecule has 0 saturated heterocycles. The number of amides is 1. The average Bonchev–Trinajstić information content (AvgIpc) is 2.69. The van der Waals surface area contributed by atoms with Crippen LogP contribution in [0.1, 0.15) is 21.5 Å². The van der Waals surface area contributed by atoms with E-state index in [0.29, 0.717) is 11.3 Å². The first kappa shape index (κ1) is 18.8. The van der Waals surface area contributed by atoms with Crippen molar-refractivity contribution in [3.05, 3.63) is 89.7 Å². The molecule has 0 atom stereocenters. The highest BCUT2D eigenvalue weighted by Crippen LogP contribution is 2.14. The van der Waals surface area contributed by atoms with Crippen molar-refractivity contribution in [2.75, 3.05) is 5.32 Å². The standard InChI is InChI=1S/C20H19N3O3S/c1-15-2-6-18(7-3-15)23-20(24)17-4-8-19(9-5-17)27(25,26)22-14-16-10-12-21-13-11-16/h2-13,22H,14H2,1H3,(H,23,24). The number of pyridine rings is 1. The van der Waals surface area contributed by atoms with E-state index in [0.717, 1.165) is 11.1 Å². The van der Waals surface area contributed by atoms with Gasteiger partial charge in [0.25, 0.3) is 5.91 Å². The molecule has 0 fully saturated rings. The van der Waals surface area contributed by atoms with Crippen LogP contribution in [0.25, 0.3) is 0 Å². The zero-order valence-corrected chi connectivity index (χ0v) is 15.5. The molecular weight excluding hydrogens is 362 g/mol. The number of hydrogen-bond acceptors (Lipinski definition) is 4. The summed E-state index contributed by atoms with van der Waals surface area (Å²) >= 11 is 0. The van der Waals surface area contributed by atoms with Gasteiger partial charge in [-0.1, -0.05) is 17.7 Å². The molecule has 1 aromatic heterocycles. The number of anilines is 1. The molecule has 1 heterocycles. The molecule has 138 valence electrons. The van der Waals surface area contributed by atoms with Gasteiger partial charge in [-0.25, -0.2) is 13.1 Å². The van der Waals surface area contributed by atoms with Crippen LogP contribution in [0.3, 0.4) is 0 Å². The van der Waals surface area contributed by atoms with Gasteiger partial charge >= 0.3 is 0 Å². The lowest BCUT2D eigenvalue weighted by Gasteiger charge is -2.09. The molecule has 2 aromatic carbocycles. The lowest BCUT2D eigenvalue weighted by molar-refractivity contribution is 0.102. The van der Waals surface area contributed by atoms with Crippen LogP contribution < -0.4 is 10.0 Å². The zero-order valence-electron chi connectivity index (χ0n) is 14.7. The fraction of sp³-hybridized carbons (Fsp3) is 0.100. The van der Waals surface area contributed by atoms with Gasteiger partial charge in [0, 0.05) is 30.2 Å². The maximum atomic E-state index is 12.4. The largest absolute Gasteiger partial charge is 0.322 e. The van der Waals surface area contributed by atoms with Gasteiger partial charge in [0.05, 0.1) is 4.90 Å². The van der Waals surface area contributed by atoms with Crippen molar-refractivity contribution in [3.8, 4) is 0 Å². The number of sulfonamides is 1. The van der Waals surface area contributed by atoms with Crippen molar-refractivity contribution in [2.45, 2.75) is 18.4 Å². The number of nitrogens with zero attached hydrogens (tertiary/aromatic N) is 1. The molecule has 6 nitrogen and oxygen atoms in total. The Kier molecular flexibility index (Phi) is 5.63. The quantitative estimate of drug-likeness (QED) is 0.687. The van der Waals surface area contributed by atoms with E-state index in [-0.39, 0.29) is 17.3 Å². The normalized spacial score (nSPS) is 11.1. The predicted molar refractivity (Wildman–Crippen MR) is 104 cm³/mol. The van der Waals surface area contributed by atoms with Gasteiger partial charge in [-0.15, -0.1) is 0 Å². The van der Waals surface area contributed by atoms with Crippen LogP contribution in [0.4, 0.5) is 5.69 Å². The Hall–Kier alpha value is -3.03. The molecule has 0 aliphatic heterocycles. The van der Waals surface area contributed by atoms with Crippen LogP contribution in [-0.2, 0) is 16.6 Å². The summed E-state index contributed by atoms with van der Waals surface area (Å²) in [5.74, 6) is -0.299. The van der Waals surface area contributed by atoms with E-state index >= 15 is 0 Å². The van der Waals surface area contributed by atoms with Gasteiger partial charge in [0.15, 0.2) is 0 Å². The van der Waals surface area contributed by atoms with Crippen LogP contribution >= 0.6 is 0 Å². The van der Waals surface area contributed by atoms with E-state index < -0.39 is 10.0 Å². The summed E-state index contributed by atoms with van der Waals surface area (Å²) in [7, 11) is -3.67. The molecule has 1 amide bonds. The summed E-state index contributed by atoms with van der Waals surface area (Å²) in [5.41, 5.74) is 2.97. The number of carbonyl (C=O) groups is 1. The van der Waals surface area contributed by atoms with Crippen LogP contribution in [0, 0.1) is 6.92 Å². The van der Waals surface area contributed by atoms with Gasteiger partial charge < -0.3 is 5.32 Å². The van der Waals surface area contributed by atoms with E-state index in [4.69, 9.17) is 0 Å². The summed E-state index contributed by atoms with van der Waals surface area (Å²) < 4.78 is 27.3.